The molecule has 0 aliphatic carbocycles. The van der Waals surface area contributed by atoms with Gasteiger partial charge in [0.15, 0.2) is 0 Å². The average Bonchev–Trinajstić information content (AvgIpc) is 3.25. The lowest BCUT2D eigenvalue weighted by atomic mass is 10.2. The van der Waals surface area contributed by atoms with Crippen molar-refractivity contribution in [2.45, 2.75) is 4.90 Å². The number of carbonyl (C=O) groups is 1. The van der Waals surface area contributed by atoms with Crippen molar-refractivity contribution in [1.82, 2.24) is 15.3 Å². The van der Waals surface area contributed by atoms with Gasteiger partial charge in [0.1, 0.15) is 21.7 Å². The Morgan fingerprint density at radius 1 is 1.08 bits per heavy atom. The zero-order chi connectivity index (χ0) is 17.4. The molecule has 9 heteroatoms. The Morgan fingerprint density at radius 3 is 2.76 bits per heavy atom. The number of nitrogens with zero attached hydrogens (tertiary/aromatic N) is 3. The fourth-order valence-electron chi connectivity index (χ4n) is 2.13. The van der Waals surface area contributed by atoms with E-state index in [0.29, 0.717) is 31.7 Å². The maximum atomic E-state index is 12.4. The Kier molecular flexibility index (Phi) is 4.47. The number of fused-ring (bicyclic) bond motifs is 1. The highest BCUT2D eigenvalue weighted by atomic mass is 35.5. The molecular formula is C16H7Cl2N3O2S2. The lowest BCUT2D eigenvalue weighted by Crippen LogP contribution is -1.94. The predicted octanol–water partition coefficient (Wildman–Crippen LogP) is 5.59. The minimum atomic E-state index is -0.184. The quantitative estimate of drug-likeness (QED) is 0.412. The second kappa shape index (κ2) is 6.76. The molecule has 0 fully saturated rings. The Labute approximate surface area is 159 Å². The van der Waals surface area contributed by atoms with E-state index in [2.05, 4.69) is 19.9 Å². The van der Waals surface area contributed by atoms with Crippen LogP contribution >= 0.6 is 46.3 Å². The fraction of sp³-hybridized carbons (Fsp3) is 0. The number of hydrogen-bond acceptors (Lipinski definition) is 7. The third-order valence-corrected chi connectivity index (χ3v) is 5.83. The number of thiazole rings is 1. The first-order chi connectivity index (χ1) is 12.1. The number of thioether (sulfide) groups is 1. The van der Waals surface area contributed by atoms with Crippen molar-refractivity contribution in [2.24, 2.45) is 0 Å². The summed E-state index contributed by atoms with van der Waals surface area (Å²) in [5.74, 6) is 0. The van der Waals surface area contributed by atoms with Crippen molar-refractivity contribution in [3.63, 3.8) is 0 Å². The van der Waals surface area contributed by atoms with Crippen LogP contribution in [-0.2, 0) is 0 Å². The summed E-state index contributed by atoms with van der Waals surface area (Å²) in [5, 5.41) is 10.8. The number of carbonyl (C=O) groups excluding carboxylic acids is 1. The minimum absolute atomic E-state index is 0.184. The van der Waals surface area contributed by atoms with Crippen LogP contribution in [-0.4, -0.2) is 20.4 Å². The maximum absolute atomic E-state index is 12.4. The summed E-state index contributed by atoms with van der Waals surface area (Å²) in [6.07, 6.45) is 0. The van der Waals surface area contributed by atoms with E-state index < -0.39 is 0 Å². The molecule has 0 N–H and O–H groups in total. The van der Waals surface area contributed by atoms with Crippen LogP contribution in [0.25, 0.3) is 21.6 Å². The van der Waals surface area contributed by atoms with E-state index in [0.717, 1.165) is 22.3 Å². The highest BCUT2D eigenvalue weighted by Crippen LogP contribution is 2.33. The minimum Gasteiger partial charge on any atom is -0.279 e. The van der Waals surface area contributed by atoms with Crippen molar-refractivity contribution in [3.05, 3.63) is 57.5 Å². The van der Waals surface area contributed by atoms with Crippen molar-refractivity contribution in [1.29, 1.82) is 0 Å². The standard InChI is InChI=1S/C16H7Cl2N3O2S2/c17-9-2-4-14(10(18)6-9)25-16(22)13-7-24-15(19-13)8-1-3-11-12(5-8)21-23-20-11/h1-7H. The molecule has 0 radical (unpaired) electrons. The first kappa shape index (κ1) is 16.5. The van der Waals surface area contributed by atoms with Gasteiger partial charge in [0.25, 0.3) is 0 Å². The van der Waals surface area contributed by atoms with Gasteiger partial charge in [0.2, 0.25) is 5.12 Å². The van der Waals surface area contributed by atoms with Crippen molar-refractivity contribution in [2.75, 3.05) is 0 Å². The summed E-state index contributed by atoms with van der Waals surface area (Å²) >= 11 is 14.4. The number of aromatic nitrogens is 3. The first-order valence-corrected chi connectivity index (χ1v) is 9.41. The monoisotopic (exact) mass is 407 g/mol. The molecule has 2 heterocycles. The van der Waals surface area contributed by atoms with Crippen LogP contribution in [0.4, 0.5) is 0 Å². The van der Waals surface area contributed by atoms with Gasteiger partial charge in [-0.05, 0) is 58.5 Å². The molecule has 0 saturated carbocycles. The zero-order valence-electron chi connectivity index (χ0n) is 12.3. The molecule has 4 rings (SSSR count). The van der Waals surface area contributed by atoms with Gasteiger partial charge >= 0.3 is 0 Å². The molecule has 25 heavy (non-hydrogen) atoms. The van der Waals surface area contributed by atoms with Gasteiger partial charge in [-0.2, -0.15) is 0 Å². The van der Waals surface area contributed by atoms with E-state index in [9.17, 15) is 4.79 Å². The van der Waals surface area contributed by atoms with E-state index in [1.807, 2.05) is 12.1 Å². The van der Waals surface area contributed by atoms with Gasteiger partial charge in [-0.1, -0.05) is 23.2 Å². The number of hydrogen-bond donors (Lipinski definition) is 0. The van der Waals surface area contributed by atoms with Crippen LogP contribution in [0.1, 0.15) is 10.5 Å². The highest BCUT2D eigenvalue weighted by molar-refractivity contribution is 8.14. The molecule has 0 aliphatic rings. The lowest BCUT2D eigenvalue weighted by Gasteiger charge is -2.02. The smallest absolute Gasteiger partial charge is 0.243 e. The predicted molar refractivity (Wildman–Crippen MR) is 99.6 cm³/mol. The number of rotatable bonds is 3. The maximum Gasteiger partial charge on any atom is 0.243 e. The molecule has 0 amide bonds. The number of halogens is 2. The van der Waals surface area contributed by atoms with Crippen LogP contribution in [0.2, 0.25) is 10.0 Å². The Hall–Kier alpha value is -1.93. The Balaban J connectivity index is 1.58. The van der Waals surface area contributed by atoms with Crippen LogP contribution in [0.5, 0.6) is 0 Å². The van der Waals surface area contributed by atoms with E-state index in [-0.39, 0.29) is 5.12 Å². The van der Waals surface area contributed by atoms with E-state index in [1.165, 1.54) is 11.3 Å². The molecule has 2 aromatic carbocycles. The van der Waals surface area contributed by atoms with Crippen LogP contribution in [0, 0.1) is 0 Å². The Bertz CT molecular complexity index is 1090. The second-order valence-corrected chi connectivity index (χ2v) is 7.69. The summed E-state index contributed by atoms with van der Waals surface area (Å²) in [6.45, 7) is 0. The van der Waals surface area contributed by atoms with Crippen LogP contribution in [0.15, 0.2) is 51.3 Å². The van der Waals surface area contributed by atoms with Gasteiger partial charge in [0.05, 0.1) is 5.02 Å². The molecular weight excluding hydrogens is 401 g/mol. The topological polar surface area (TPSA) is 68.9 Å². The molecule has 0 saturated heterocycles. The summed E-state index contributed by atoms with van der Waals surface area (Å²) in [6, 6.07) is 10.5. The Morgan fingerprint density at radius 2 is 1.92 bits per heavy atom. The van der Waals surface area contributed by atoms with E-state index >= 15 is 0 Å². The summed E-state index contributed by atoms with van der Waals surface area (Å²) < 4.78 is 4.69. The number of benzene rings is 2. The molecule has 0 bridgehead atoms. The third-order valence-electron chi connectivity index (χ3n) is 3.31. The summed E-state index contributed by atoms with van der Waals surface area (Å²) in [7, 11) is 0. The van der Waals surface area contributed by atoms with Gasteiger partial charge in [-0.25, -0.2) is 9.61 Å². The van der Waals surface area contributed by atoms with Gasteiger partial charge in [-0.15, -0.1) is 11.3 Å². The van der Waals surface area contributed by atoms with Crippen molar-refractivity contribution < 1.29 is 9.42 Å². The van der Waals surface area contributed by atoms with Gasteiger partial charge < -0.3 is 0 Å². The van der Waals surface area contributed by atoms with Gasteiger partial charge in [-0.3, -0.25) is 4.79 Å². The fourth-order valence-corrected chi connectivity index (χ4v) is 4.22. The first-order valence-electron chi connectivity index (χ1n) is 6.95. The highest BCUT2D eigenvalue weighted by Gasteiger charge is 2.16. The second-order valence-electron chi connectivity index (χ2n) is 4.97. The molecule has 0 atom stereocenters. The van der Waals surface area contributed by atoms with E-state index in [1.54, 1.807) is 29.6 Å². The molecule has 0 aliphatic heterocycles. The third kappa shape index (κ3) is 3.41. The van der Waals surface area contributed by atoms with Crippen molar-refractivity contribution in [3.8, 4) is 10.6 Å². The van der Waals surface area contributed by atoms with Gasteiger partial charge in [0, 0.05) is 20.9 Å². The summed E-state index contributed by atoms with van der Waals surface area (Å²) in [5.41, 5.74) is 2.53. The van der Waals surface area contributed by atoms with Crippen molar-refractivity contribution >= 4 is 62.4 Å². The van der Waals surface area contributed by atoms with Crippen LogP contribution in [0.3, 0.4) is 0 Å². The SMILES string of the molecule is O=C(Sc1ccc(Cl)cc1Cl)c1csc(-c2ccc3nonc3c2)n1. The molecule has 2 aromatic heterocycles. The average molecular weight is 408 g/mol. The molecule has 4 aromatic rings. The lowest BCUT2D eigenvalue weighted by molar-refractivity contribution is 0.108. The largest absolute Gasteiger partial charge is 0.279 e. The molecule has 0 spiro atoms. The molecule has 0 unspecified atom stereocenters. The molecule has 124 valence electrons. The normalized spacial score (nSPS) is 11.1. The summed E-state index contributed by atoms with van der Waals surface area (Å²) in [4.78, 5) is 17.5. The van der Waals surface area contributed by atoms with Crippen LogP contribution < -0.4 is 0 Å². The zero-order valence-corrected chi connectivity index (χ0v) is 15.4. The molecule has 5 nitrogen and oxygen atoms in total. The van der Waals surface area contributed by atoms with E-state index in [4.69, 9.17) is 23.2 Å².